The van der Waals surface area contributed by atoms with E-state index in [1.807, 2.05) is 24.3 Å². The van der Waals surface area contributed by atoms with Crippen molar-refractivity contribution < 1.29 is 0 Å². The lowest BCUT2D eigenvalue weighted by Gasteiger charge is -2.22. The van der Waals surface area contributed by atoms with Crippen molar-refractivity contribution in [1.29, 1.82) is 0 Å². The number of hydrogen-bond acceptors (Lipinski definition) is 5. The van der Waals surface area contributed by atoms with Crippen molar-refractivity contribution in [3.8, 4) is 50.8 Å². The van der Waals surface area contributed by atoms with Gasteiger partial charge in [-0.05, 0) is 94.1 Å². The lowest BCUT2D eigenvalue weighted by Crippen LogP contribution is -2.11. The van der Waals surface area contributed by atoms with Crippen LogP contribution in [0.1, 0.15) is 64.9 Å². The molecular formula is C51H46N6. The zero-order valence-electron chi connectivity index (χ0n) is 33.5. The zero-order chi connectivity index (χ0) is 39.3. The molecule has 1 aliphatic rings. The highest BCUT2D eigenvalue weighted by molar-refractivity contribution is 6.11. The largest absolute Gasteiger partial charge is 0.308 e. The first-order valence-corrected chi connectivity index (χ1v) is 19.8. The number of dihydropyridines is 1. The second-order valence-electron chi connectivity index (χ2n) is 16.9. The van der Waals surface area contributed by atoms with Crippen LogP contribution < -0.4 is 0 Å². The van der Waals surface area contributed by atoms with E-state index < -0.39 is 0 Å². The van der Waals surface area contributed by atoms with Gasteiger partial charge in [0, 0.05) is 40.2 Å². The second-order valence-corrected chi connectivity index (χ2v) is 16.9. The Kier molecular flexibility index (Phi) is 9.00. The predicted octanol–water partition coefficient (Wildman–Crippen LogP) is 12.4. The Bertz CT molecular complexity index is 2710. The monoisotopic (exact) mass is 742 g/mol. The molecule has 6 nitrogen and oxygen atoms in total. The number of hydrogen-bond donors (Lipinski definition) is 0. The van der Waals surface area contributed by atoms with Crippen LogP contribution in [0, 0.1) is 0 Å². The maximum Gasteiger partial charge on any atom is 0.182 e. The molecule has 57 heavy (non-hydrogen) atoms. The van der Waals surface area contributed by atoms with E-state index in [0.29, 0.717) is 29.7 Å². The molecule has 0 atom stereocenters. The minimum Gasteiger partial charge on any atom is -0.308 e. The molecule has 0 spiro atoms. The number of pyridine rings is 1. The summed E-state index contributed by atoms with van der Waals surface area (Å²) in [5.74, 6) is 1.61. The van der Waals surface area contributed by atoms with Gasteiger partial charge in [-0.15, -0.1) is 0 Å². The Hall–Kier alpha value is -6.53. The summed E-state index contributed by atoms with van der Waals surface area (Å²) in [7, 11) is 0. The van der Waals surface area contributed by atoms with E-state index in [2.05, 4.69) is 166 Å². The van der Waals surface area contributed by atoms with Gasteiger partial charge in [-0.1, -0.05) is 126 Å². The van der Waals surface area contributed by atoms with Crippen molar-refractivity contribution in [2.24, 2.45) is 4.99 Å². The Balaban J connectivity index is 1.40. The third kappa shape index (κ3) is 6.86. The summed E-state index contributed by atoms with van der Waals surface area (Å²) in [5, 5.41) is 2.49. The number of fused-ring (bicyclic) bond motifs is 3. The number of allylic oxidation sites excluding steroid dienone is 1. The summed E-state index contributed by atoms with van der Waals surface area (Å²) in [4.78, 5) is 24.6. The first kappa shape index (κ1) is 36.1. The van der Waals surface area contributed by atoms with Gasteiger partial charge in [0.1, 0.15) is 11.4 Å². The Morgan fingerprint density at radius 2 is 1.07 bits per heavy atom. The van der Waals surface area contributed by atoms with Crippen molar-refractivity contribution in [3.63, 3.8) is 0 Å². The smallest absolute Gasteiger partial charge is 0.182 e. The average Bonchev–Trinajstić information content (AvgIpc) is 3.56. The molecule has 0 N–H and O–H groups in total. The number of rotatable bonds is 6. The average molecular weight is 743 g/mol. The van der Waals surface area contributed by atoms with Crippen LogP contribution in [-0.4, -0.2) is 36.8 Å². The molecule has 1 aliphatic heterocycles. The van der Waals surface area contributed by atoms with Crippen molar-refractivity contribution in [2.45, 2.75) is 58.8 Å². The molecular weight excluding hydrogens is 697 g/mol. The molecule has 8 aromatic rings. The fraction of sp³-hybridized carbons (Fsp3) is 0.196. The number of aromatic nitrogens is 5. The number of aliphatic imine (C=N–C) groups is 1. The molecule has 0 radical (unpaired) electrons. The molecule has 3 aromatic heterocycles. The minimum atomic E-state index is -0.00715. The van der Waals surface area contributed by atoms with Gasteiger partial charge in [0.25, 0.3) is 0 Å². The van der Waals surface area contributed by atoms with E-state index in [1.54, 1.807) is 6.20 Å². The summed E-state index contributed by atoms with van der Waals surface area (Å²) >= 11 is 0. The van der Waals surface area contributed by atoms with E-state index >= 15 is 0 Å². The lowest BCUT2D eigenvalue weighted by molar-refractivity contribution is 0.590. The summed E-state index contributed by atoms with van der Waals surface area (Å²) in [6.45, 7) is 14.4. The van der Waals surface area contributed by atoms with E-state index in [9.17, 15) is 0 Å². The normalized spacial score (nSPS) is 13.3. The summed E-state index contributed by atoms with van der Waals surface area (Å²) < 4.78 is 2.48. The van der Waals surface area contributed by atoms with Gasteiger partial charge in [0.2, 0.25) is 0 Å². The van der Waals surface area contributed by atoms with Crippen LogP contribution >= 0.6 is 0 Å². The van der Waals surface area contributed by atoms with E-state index in [-0.39, 0.29) is 10.8 Å². The standard InChI is InChI=1S/C51H46N6/c1-50(2,3)36-23-25-44-40(31-36)41-32-37(51(4,5)6)24-26-45(41)57(44)46-38(33-17-9-7-10-18-33)29-35(30-39(46)34-19-11-8-12-20-34)47-54-48(42-21-13-15-27-52-42)56-49(55-47)43-22-14-16-28-53-43/h7-15,17-27,29-32H,16,28H2,1-6H3. The quantitative estimate of drug-likeness (QED) is 0.170. The highest BCUT2D eigenvalue weighted by atomic mass is 15.1. The van der Waals surface area contributed by atoms with Gasteiger partial charge >= 0.3 is 0 Å². The maximum absolute atomic E-state index is 5.14. The topological polar surface area (TPSA) is 68.8 Å². The van der Waals surface area contributed by atoms with Crippen LogP contribution in [0.2, 0.25) is 0 Å². The minimum absolute atomic E-state index is 0.00715. The summed E-state index contributed by atoms with van der Waals surface area (Å²) in [6, 6.07) is 45.7. The van der Waals surface area contributed by atoms with Gasteiger partial charge in [0.15, 0.2) is 17.5 Å². The molecule has 0 aliphatic carbocycles. The first-order valence-electron chi connectivity index (χ1n) is 19.8. The van der Waals surface area contributed by atoms with E-state index in [4.69, 9.17) is 19.9 Å². The molecule has 0 fully saturated rings. The fourth-order valence-electron chi connectivity index (χ4n) is 7.76. The Morgan fingerprint density at radius 3 is 1.58 bits per heavy atom. The molecule has 0 saturated carbocycles. The van der Waals surface area contributed by atoms with Gasteiger partial charge in [-0.3, -0.25) is 9.98 Å². The Morgan fingerprint density at radius 1 is 0.526 bits per heavy atom. The van der Waals surface area contributed by atoms with Gasteiger partial charge in [-0.2, -0.15) is 0 Å². The van der Waals surface area contributed by atoms with Gasteiger partial charge in [-0.25, -0.2) is 15.0 Å². The fourth-order valence-corrected chi connectivity index (χ4v) is 7.76. The third-order valence-electron chi connectivity index (χ3n) is 10.9. The van der Waals surface area contributed by atoms with Crippen LogP contribution in [0.5, 0.6) is 0 Å². The summed E-state index contributed by atoms with van der Waals surface area (Å²) in [6.07, 6.45) is 6.81. The third-order valence-corrected chi connectivity index (χ3v) is 10.9. The molecule has 0 bridgehead atoms. The number of benzene rings is 5. The van der Waals surface area contributed by atoms with Crippen molar-refractivity contribution in [1.82, 2.24) is 24.5 Å². The highest BCUT2D eigenvalue weighted by Gasteiger charge is 2.26. The maximum atomic E-state index is 5.14. The highest BCUT2D eigenvalue weighted by Crippen LogP contribution is 2.45. The van der Waals surface area contributed by atoms with Crippen LogP contribution in [0.4, 0.5) is 0 Å². The SMILES string of the molecule is CC(C)(C)c1ccc2c(c1)c1cc(C(C)(C)C)ccc1n2-c1c(-c2ccccc2)cc(-c2nc(C3=NCCC=C3)nc(-c3ccccn3)n2)cc1-c1ccccc1. The molecule has 6 heteroatoms. The second kappa shape index (κ2) is 14.2. The molecule has 0 saturated heterocycles. The van der Waals surface area contributed by atoms with E-state index in [1.165, 1.54) is 21.9 Å². The van der Waals surface area contributed by atoms with Gasteiger partial charge in [0.05, 0.1) is 16.7 Å². The van der Waals surface area contributed by atoms with Crippen LogP contribution in [0.15, 0.2) is 151 Å². The Labute approximate surface area is 334 Å². The molecule has 4 heterocycles. The summed E-state index contributed by atoms with van der Waals surface area (Å²) in [5.41, 5.74) is 12.7. The predicted molar refractivity (Wildman–Crippen MR) is 236 cm³/mol. The van der Waals surface area contributed by atoms with Crippen molar-refractivity contribution in [2.75, 3.05) is 6.54 Å². The molecule has 280 valence electrons. The zero-order valence-corrected chi connectivity index (χ0v) is 33.5. The van der Waals surface area contributed by atoms with Crippen molar-refractivity contribution >= 4 is 27.5 Å². The van der Waals surface area contributed by atoms with Crippen LogP contribution in [0.3, 0.4) is 0 Å². The van der Waals surface area contributed by atoms with Gasteiger partial charge < -0.3 is 4.57 Å². The molecule has 5 aromatic carbocycles. The van der Waals surface area contributed by atoms with Crippen LogP contribution in [-0.2, 0) is 10.8 Å². The first-order chi connectivity index (χ1) is 27.5. The molecule has 9 rings (SSSR count). The van der Waals surface area contributed by atoms with Crippen LogP contribution in [0.25, 0.3) is 72.7 Å². The molecule has 0 amide bonds. The van der Waals surface area contributed by atoms with E-state index in [0.717, 1.165) is 56.7 Å². The number of nitrogens with zero attached hydrogens (tertiary/aromatic N) is 6. The lowest BCUT2D eigenvalue weighted by atomic mass is 9.85. The van der Waals surface area contributed by atoms with Crippen molar-refractivity contribution in [3.05, 3.63) is 163 Å². The molecule has 0 unspecified atom stereocenters.